The van der Waals surface area contributed by atoms with E-state index >= 15 is 0 Å². The lowest BCUT2D eigenvalue weighted by molar-refractivity contribution is -0.169. The van der Waals surface area contributed by atoms with E-state index in [0.717, 1.165) is 57.8 Å². The van der Waals surface area contributed by atoms with Crippen LogP contribution in [-0.4, -0.2) is 35.9 Å². The number of hydrogen-bond acceptors (Lipinski definition) is 6. The van der Waals surface area contributed by atoms with Crippen molar-refractivity contribution in [2.45, 2.75) is 125 Å². The lowest BCUT2D eigenvalue weighted by atomic mass is 9.35. The average molecular weight is 682 g/mol. The Morgan fingerprint density at radius 1 is 0.800 bits per heavy atom. The maximum Gasteiger partial charge on any atom is 0.338 e. The van der Waals surface area contributed by atoms with Crippen LogP contribution in [-0.2, 0) is 9.47 Å². The first-order chi connectivity index (χ1) is 23.5. The first kappa shape index (κ1) is 35.3. The van der Waals surface area contributed by atoms with E-state index in [9.17, 15) is 14.7 Å². The smallest absolute Gasteiger partial charge is 0.338 e. The van der Waals surface area contributed by atoms with Gasteiger partial charge in [-0.2, -0.15) is 0 Å². The number of ether oxygens (including phenoxy) is 2. The van der Waals surface area contributed by atoms with Crippen LogP contribution in [0.1, 0.15) is 133 Å². The summed E-state index contributed by atoms with van der Waals surface area (Å²) in [5.74, 6) is 0.122. The molecule has 0 bridgehead atoms. The lowest BCUT2D eigenvalue weighted by Crippen LogP contribution is -2.63. The van der Waals surface area contributed by atoms with E-state index in [1.807, 2.05) is 30.3 Å². The summed E-state index contributed by atoms with van der Waals surface area (Å²) in [7, 11) is 0. The molecule has 7 rings (SSSR count). The number of anilines is 1. The molecule has 3 fully saturated rings. The Labute approximate surface area is 299 Å². The fourth-order valence-corrected chi connectivity index (χ4v) is 12.4. The Bertz CT molecular complexity index is 1680. The van der Waals surface area contributed by atoms with Crippen molar-refractivity contribution in [3.8, 4) is 0 Å². The van der Waals surface area contributed by atoms with Gasteiger partial charge in [0, 0.05) is 16.5 Å². The molecule has 9 atom stereocenters. The van der Waals surface area contributed by atoms with Crippen LogP contribution in [0.4, 0.5) is 5.69 Å². The van der Waals surface area contributed by atoms with Crippen LogP contribution in [0.2, 0.25) is 0 Å². The van der Waals surface area contributed by atoms with E-state index in [0.29, 0.717) is 35.8 Å². The number of fused-ring (bicyclic) bond motifs is 6. The number of aliphatic hydroxyl groups is 1. The molecule has 2 aromatic carbocycles. The number of carbonyl (C=O) groups excluding carboxylic acids is 2. The maximum absolute atomic E-state index is 13.3. The van der Waals surface area contributed by atoms with Gasteiger partial charge in [-0.05, 0) is 140 Å². The van der Waals surface area contributed by atoms with Crippen molar-refractivity contribution in [3.05, 3.63) is 76.9 Å². The molecule has 9 unspecified atom stereocenters. The second-order valence-corrected chi connectivity index (χ2v) is 18.9. The summed E-state index contributed by atoms with van der Waals surface area (Å²) in [5.41, 5.74) is 10.1. The molecular formula is C44H59NO5. The fourth-order valence-electron chi connectivity index (χ4n) is 12.4. The average Bonchev–Trinajstić information content (AvgIpc) is 3.08. The van der Waals surface area contributed by atoms with Gasteiger partial charge in [-0.15, -0.1) is 0 Å². The van der Waals surface area contributed by atoms with Crippen LogP contribution < -0.4 is 5.73 Å². The molecule has 5 aliphatic rings. The summed E-state index contributed by atoms with van der Waals surface area (Å²) in [5, 5.41) is 12.4. The van der Waals surface area contributed by atoms with Gasteiger partial charge >= 0.3 is 11.9 Å². The number of carbonyl (C=O) groups is 2. The normalized spacial score (nSPS) is 40.4. The zero-order valence-electron chi connectivity index (χ0n) is 31.4. The van der Waals surface area contributed by atoms with E-state index in [2.05, 4.69) is 48.5 Å². The van der Waals surface area contributed by atoms with Crippen LogP contribution in [0.3, 0.4) is 0 Å². The van der Waals surface area contributed by atoms with Gasteiger partial charge in [0.2, 0.25) is 0 Å². The summed E-state index contributed by atoms with van der Waals surface area (Å²) in [6, 6.07) is 16.3. The van der Waals surface area contributed by atoms with Crippen molar-refractivity contribution < 1.29 is 24.2 Å². The second-order valence-electron chi connectivity index (χ2n) is 18.9. The minimum Gasteiger partial charge on any atom is -0.462 e. The molecule has 3 N–H and O–H groups in total. The SMILES string of the molecule is CC1(COC(=O)c2ccccc2)CCC2(C)CCC3(C)C4=C(CCC3(C)C2C1)C1(C)CCC(OC(=O)c2ccc(N)cc2)C(C)(C)C1CC4O. The van der Waals surface area contributed by atoms with Gasteiger partial charge in [0.1, 0.15) is 6.10 Å². The number of aliphatic hydroxyl groups excluding tert-OH is 1. The second kappa shape index (κ2) is 12.0. The number of allylic oxidation sites excluding steroid dienone is 1. The van der Waals surface area contributed by atoms with Gasteiger partial charge in [0.25, 0.3) is 0 Å². The molecule has 2 aromatic rings. The van der Waals surface area contributed by atoms with Crippen LogP contribution in [0.15, 0.2) is 65.7 Å². The molecule has 0 spiro atoms. The number of nitrogens with two attached hydrogens (primary N) is 1. The highest BCUT2D eigenvalue weighted by Crippen LogP contribution is 2.75. The van der Waals surface area contributed by atoms with E-state index in [1.165, 1.54) is 11.1 Å². The monoisotopic (exact) mass is 681 g/mol. The molecule has 6 heteroatoms. The standard InChI is InChI=1S/C44H59NO5/c1-39(2)33-25-32(46)36-31(42(33,5)19-18-35(39)50-38(48)29-13-15-30(45)16-14-29)17-20-43(6)34-26-40(3,21-22-41(34,4)23-24-44(36,43)7)27-49-37(47)28-11-9-8-10-12-28/h8-16,32-35,46H,17-27,45H2,1-7H3. The highest BCUT2D eigenvalue weighted by Gasteiger charge is 2.67. The van der Waals surface area contributed by atoms with Gasteiger partial charge in [-0.25, -0.2) is 9.59 Å². The summed E-state index contributed by atoms with van der Waals surface area (Å²) in [4.78, 5) is 26.2. The zero-order chi connectivity index (χ0) is 35.9. The predicted molar refractivity (Wildman–Crippen MR) is 197 cm³/mol. The third-order valence-corrected chi connectivity index (χ3v) is 15.7. The molecule has 0 aliphatic heterocycles. The summed E-state index contributed by atoms with van der Waals surface area (Å²) >= 11 is 0. The first-order valence-corrected chi connectivity index (χ1v) is 19.2. The van der Waals surface area contributed by atoms with E-state index in [-0.39, 0.29) is 56.5 Å². The molecule has 5 aliphatic carbocycles. The molecule has 270 valence electrons. The lowest BCUT2D eigenvalue weighted by Gasteiger charge is -2.70. The number of hydrogen-bond donors (Lipinski definition) is 2. The van der Waals surface area contributed by atoms with Gasteiger partial charge in [-0.1, -0.05) is 72.2 Å². The van der Waals surface area contributed by atoms with Crippen molar-refractivity contribution in [1.29, 1.82) is 0 Å². The number of benzene rings is 2. The quantitative estimate of drug-likeness (QED) is 0.185. The predicted octanol–water partition coefficient (Wildman–Crippen LogP) is 9.57. The van der Waals surface area contributed by atoms with E-state index in [1.54, 1.807) is 24.3 Å². The van der Waals surface area contributed by atoms with E-state index in [4.69, 9.17) is 15.2 Å². The Kier molecular flexibility index (Phi) is 8.45. The molecule has 0 aromatic heterocycles. The summed E-state index contributed by atoms with van der Waals surface area (Å²) in [6.07, 6.45) is 9.31. The van der Waals surface area contributed by atoms with Crippen LogP contribution >= 0.6 is 0 Å². The van der Waals surface area contributed by atoms with Crippen molar-refractivity contribution in [2.75, 3.05) is 12.3 Å². The van der Waals surface area contributed by atoms with Crippen LogP contribution in [0.5, 0.6) is 0 Å². The zero-order valence-corrected chi connectivity index (χ0v) is 31.4. The third kappa shape index (κ3) is 5.37. The summed E-state index contributed by atoms with van der Waals surface area (Å²) < 4.78 is 12.3. The highest BCUT2D eigenvalue weighted by molar-refractivity contribution is 5.90. The number of nitrogen functional groups attached to an aromatic ring is 1. The molecule has 6 nitrogen and oxygen atoms in total. The molecule has 0 radical (unpaired) electrons. The highest BCUT2D eigenvalue weighted by atomic mass is 16.5. The van der Waals surface area contributed by atoms with Crippen molar-refractivity contribution in [3.63, 3.8) is 0 Å². The molecule has 50 heavy (non-hydrogen) atoms. The van der Waals surface area contributed by atoms with E-state index < -0.39 is 6.10 Å². The summed E-state index contributed by atoms with van der Waals surface area (Å²) in [6.45, 7) is 17.3. The Morgan fingerprint density at radius 3 is 2.16 bits per heavy atom. The maximum atomic E-state index is 13.3. The van der Waals surface area contributed by atoms with Crippen molar-refractivity contribution in [1.82, 2.24) is 0 Å². The third-order valence-electron chi connectivity index (χ3n) is 15.7. The van der Waals surface area contributed by atoms with Crippen LogP contribution in [0.25, 0.3) is 0 Å². The number of esters is 2. The van der Waals surface area contributed by atoms with Gasteiger partial charge in [-0.3, -0.25) is 0 Å². The fraction of sp³-hybridized carbons (Fsp3) is 0.636. The van der Waals surface area contributed by atoms with Crippen LogP contribution in [0, 0.1) is 44.3 Å². The topological polar surface area (TPSA) is 98.9 Å². The number of rotatable bonds is 5. The largest absolute Gasteiger partial charge is 0.462 e. The minimum absolute atomic E-state index is 0.0233. The van der Waals surface area contributed by atoms with Gasteiger partial charge in [0.15, 0.2) is 0 Å². The first-order valence-electron chi connectivity index (χ1n) is 19.2. The molecular weight excluding hydrogens is 622 g/mol. The van der Waals surface area contributed by atoms with Gasteiger partial charge in [0.05, 0.1) is 23.8 Å². The molecule has 0 heterocycles. The molecule has 0 saturated heterocycles. The van der Waals surface area contributed by atoms with Gasteiger partial charge < -0.3 is 20.3 Å². The van der Waals surface area contributed by atoms with Crippen molar-refractivity contribution >= 4 is 17.6 Å². The Morgan fingerprint density at radius 2 is 1.46 bits per heavy atom. The molecule has 3 saturated carbocycles. The Hall–Kier alpha value is -3.12. The Balaban J connectivity index is 1.15. The molecule has 0 amide bonds. The van der Waals surface area contributed by atoms with Crippen molar-refractivity contribution in [2.24, 2.45) is 44.3 Å². The minimum atomic E-state index is -0.510.